The Hall–Kier alpha value is -3.86. The first kappa shape index (κ1) is 26.4. The number of aromatic amines is 1. The molecule has 0 spiro atoms. The molecule has 206 valence electrons. The van der Waals surface area contributed by atoms with E-state index in [0.717, 1.165) is 65.4 Å². The molecule has 1 fully saturated rings. The molecule has 1 saturated carbocycles. The van der Waals surface area contributed by atoms with Crippen LogP contribution in [-0.4, -0.2) is 33.8 Å². The van der Waals surface area contributed by atoms with Crippen molar-refractivity contribution in [2.75, 3.05) is 0 Å². The summed E-state index contributed by atoms with van der Waals surface area (Å²) in [6.07, 6.45) is 6.34. The molecule has 2 amide bonds. The maximum absolute atomic E-state index is 14.3. The molecule has 2 heterocycles. The normalized spacial score (nSPS) is 19.0. The lowest BCUT2D eigenvalue weighted by Crippen LogP contribution is -2.54. The minimum atomic E-state index is -0.573. The van der Waals surface area contributed by atoms with Crippen LogP contribution in [0.4, 0.5) is 0 Å². The first-order valence-corrected chi connectivity index (χ1v) is 14.9. The minimum absolute atomic E-state index is 0.00242. The van der Waals surface area contributed by atoms with Crippen molar-refractivity contribution in [1.82, 2.24) is 15.2 Å². The Morgan fingerprint density at radius 3 is 2.42 bits per heavy atom. The topological polar surface area (TPSA) is 65.2 Å². The van der Waals surface area contributed by atoms with Crippen molar-refractivity contribution in [2.24, 2.45) is 5.92 Å². The van der Waals surface area contributed by atoms with E-state index in [0.29, 0.717) is 5.56 Å². The molecule has 2 aliphatic rings. The number of nitrogens with one attached hydrogen (secondary N) is 2. The number of fused-ring (bicyclic) bond motifs is 2. The van der Waals surface area contributed by atoms with E-state index in [-0.39, 0.29) is 29.8 Å². The number of benzene rings is 3. The third kappa shape index (κ3) is 4.61. The van der Waals surface area contributed by atoms with Gasteiger partial charge in [0.15, 0.2) is 0 Å². The Bertz CT molecular complexity index is 1530. The largest absolute Gasteiger partial charge is 0.354 e. The quantitative estimate of drug-likeness (QED) is 0.258. The van der Waals surface area contributed by atoms with Gasteiger partial charge in [0.2, 0.25) is 5.91 Å². The molecular weight excluding hydrogens is 494 g/mol. The van der Waals surface area contributed by atoms with Crippen molar-refractivity contribution in [2.45, 2.75) is 77.4 Å². The Kier molecular flexibility index (Phi) is 7.22. The van der Waals surface area contributed by atoms with Gasteiger partial charge >= 0.3 is 0 Å². The van der Waals surface area contributed by atoms with Crippen LogP contribution in [0.3, 0.4) is 0 Å². The second-order valence-corrected chi connectivity index (χ2v) is 11.7. The van der Waals surface area contributed by atoms with Crippen LogP contribution in [0.2, 0.25) is 0 Å². The summed E-state index contributed by atoms with van der Waals surface area (Å²) >= 11 is 0. The van der Waals surface area contributed by atoms with Crippen LogP contribution >= 0.6 is 0 Å². The zero-order valence-electron chi connectivity index (χ0n) is 23.7. The van der Waals surface area contributed by atoms with Gasteiger partial charge in [-0.05, 0) is 48.9 Å². The number of carbonyl (C=O) groups is 2. The number of rotatable bonds is 7. The number of amides is 2. The van der Waals surface area contributed by atoms with E-state index < -0.39 is 6.04 Å². The first-order chi connectivity index (χ1) is 19.5. The maximum Gasteiger partial charge on any atom is 0.255 e. The molecule has 6 rings (SSSR count). The summed E-state index contributed by atoms with van der Waals surface area (Å²) < 4.78 is 0. The minimum Gasteiger partial charge on any atom is -0.354 e. The molecule has 40 heavy (non-hydrogen) atoms. The summed E-state index contributed by atoms with van der Waals surface area (Å²) in [6.45, 7) is 6.30. The predicted molar refractivity (Wildman–Crippen MR) is 161 cm³/mol. The van der Waals surface area contributed by atoms with Crippen LogP contribution in [-0.2, 0) is 4.79 Å². The number of carbonyl (C=O) groups excluding carboxylic acids is 2. The number of aromatic nitrogens is 1. The molecule has 4 aromatic rings. The van der Waals surface area contributed by atoms with E-state index in [9.17, 15) is 9.59 Å². The molecule has 2 N–H and O–H groups in total. The highest BCUT2D eigenvalue weighted by Gasteiger charge is 2.47. The molecular formula is C35H39N3O2. The van der Waals surface area contributed by atoms with Crippen LogP contribution in [0.15, 0.2) is 72.8 Å². The summed E-state index contributed by atoms with van der Waals surface area (Å²) in [5, 5.41) is 4.45. The number of nitrogens with zero attached hydrogens (tertiary/aromatic N) is 1. The SMILES string of the molecule is CCC(C)C(C(=O)NC1CCCCC1)N1C(=O)c2ccccc2C1c1c(-c2ccc(C)cc2)[nH]c2ccccc12. The summed E-state index contributed by atoms with van der Waals surface area (Å²) in [5.41, 5.74) is 6.99. The molecule has 3 unspecified atom stereocenters. The third-order valence-electron chi connectivity index (χ3n) is 9.06. The van der Waals surface area contributed by atoms with Gasteiger partial charge < -0.3 is 15.2 Å². The lowest BCUT2D eigenvalue weighted by molar-refractivity contribution is -0.128. The van der Waals surface area contributed by atoms with Gasteiger partial charge in [0.05, 0.1) is 11.7 Å². The summed E-state index contributed by atoms with van der Waals surface area (Å²) in [4.78, 5) is 34.1. The van der Waals surface area contributed by atoms with Gasteiger partial charge in [-0.15, -0.1) is 0 Å². The van der Waals surface area contributed by atoms with Crippen LogP contribution in [0.5, 0.6) is 0 Å². The Balaban J connectivity index is 1.54. The van der Waals surface area contributed by atoms with Crippen molar-refractivity contribution in [3.8, 4) is 11.3 Å². The summed E-state index contributed by atoms with van der Waals surface area (Å²) in [5.74, 6) is -0.0913. The van der Waals surface area contributed by atoms with Gasteiger partial charge in [0, 0.05) is 28.1 Å². The lowest BCUT2D eigenvalue weighted by Gasteiger charge is -2.37. The molecule has 3 aromatic carbocycles. The van der Waals surface area contributed by atoms with Gasteiger partial charge in [0.25, 0.3) is 5.91 Å². The predicted octanol–water partition coefficient (Wildman–Crippen LogP) is 7.55. The van der Waals surface area contributed by atoms with Crippen molar-refractivity contribution < 1.29 is 9.59 Å². The Morgan fingerprint density at radius 1 is 0.975 bits per heavy atom. The number of H-pyrrole nitrogens is 1. The molecule has 0 bridgehead atoms. The van der Waals surface area contributed by atoms with Gasteiger partial charge in [-0.3, -0.25) is 9.59 Å². The monoisotopic (exact) mass is 533 g/mol. The second-order valence-electron chi connectivity index (χ2n) is 11.7. The fourth-order valence-corrected chi connectivity index (χ4v) is 6.73. The zero-order chi connectivity index (χ0) is 27.8. The molecule has 0 radical (unpaired) electrons. The number of para-hydroxylation sites is 1. The van der Waals surface area contributed by atoms with Crippen LogP contribution in [0.1, 0.15) is 85.5 Å². The number of hydrogen-bond donors (Lipinski definition) is 2. The van der Waals surface area contributed by atoms with Gasteiger partial charge in [-0.25, -0.2) is 0 Å². The fraction of sp³-hybridized carbons (Fsp3) is 0.371. The molecule has 1 aromatic heterocycles. The maximum atomic E-state index is 14.3. The smallest absolute Gasteiger partial charge is 0.255 e. The van der Waals surface area contributed by atoms with E-state index in [4.69, 9.17) is 0 Å². The van der Waals surface area contributed by atoms with Gasteiger partial charge in [-0.1, -0.05) is 106 Å². The number of hydrogen-bond acceptors (Lipinski definition) is 2. The van der Waals surface area contributed by atoms with Crippen LogP contribution in [0.25, 0.3) is 22.2 Å². The molecule has 1 aliphatic heterocycles. The molecule has 3 atom stereocenters. The molecule has 1 aliphatic carbocycles. The Labute approximate surface area is 237 Å². The van der Waals surface area contributed by atoms with Crippen molar-refractivity contribution in [3.05, 3.63) is 95.1 Å². The van der Waals surface area contributed by atoms with Gasteiger partial charge in [-0.2, -0.15) is 0 Å². The third-order valence-corrected chi connectivity index (χ3v) is 9.06. The second kappa shape index (κ2) is 11.0. The van der Waals surface area contributed by atoms with Gasteiger partial charge in [0.1, 0.15) is 6.04 Å². The summed E-state index contributed by atoms with van der Waals surface area (Å²) in [6, 6.07) is 23.9. The van der Waals surface area contributed by atoms with Crippen LogP contribution < -0.4 is 5.32 Å². The highest BCUT2D eigenvalue weighted by Crippen LogP contribution is 2.47. The molecule has 5 nitrogen and oxygen atoms in total. The number of aryl methyl sites for hydroxylation is 1. The standard InChI is InChI=1S/C35H39N3O2/c1-4-23(3)32(34(39)36-25-12-6-5-7-13-25)38-33(26-14-8-9-15-27(26)35(38)40)30-28-16-10-11-17-29(28)37-31(30)24-20-18-22(2)19-21-24/h8-11,14-21,23,25,32-33,37H,4-7,12-13H2,1-3H3,(H,36,39). The molecule has 5 heteroatoms. The first-order valence-electron chi connectivity index (χ1n) is 14.9. The average Bonchev–Trinajstić information content (AvgIpc) is 3.49. The summed E-state index contributed by atoms with van der Waals surface area (Å²) in [7, 11) is 0. The van der Waals surface area contributed by atoms with E-state index in [2.05, 4.69) is 73.5 Å². The van der Waals surface area contributed by atoms with E-state index >= 15 is 0 Å². The Morgan fingerprint density at radius 2 is 1.68 bits per heavy atom. The van der Waals surface area contributed by atoms with E-state index in [1.165, 1.54) is 12.0 Å². The van der Waals surface area contributed by atoms with Crippen molar-refractivity contribution in [1.29, 1.82) is 0 Å². The van der Waals surface area contributed by atoms with Crippen molar-refractivity contribution in [3.63, 3.8) is 0 Å². The highest BCUT2D eigenvalue weighted by molar-refractivity contribution is 6.04. The fourth-order valence-electron chi connectivity index (χ4n) is 6.73. The average molecular weight is 534 g/mol. The van der Waals surface area contributed by atoms with Crippen molar-refractivity contribution >= 4 is 22.7 Å². The van der Waals surface area contributed by atoms with E-state index in [1.54, 1.807) is 0 Å². The van der Waals surface area contributed by atoms with Crippen LogP contribution in [0, 0.1) is 12.8 Å². The van der Waals surface area contributed by atoms with E-state index in [1.807, 2.05) is 35.2 Å². The molecule has 0 saturated heterocycles. The lowest BCUT2D eigenvalue weighted by atomic mass is 9.89. The highest BCUT2D eigenvalue weighted by atomic mass is 16.2. The zero-order valence-corrected chi connectivity index (χ0v) is 23.7.